The Morgan fingerprint density at radius 1 is 1.17 bits per heavy atom. The number of nitrogens with zero attached hydrogens (tertiary/aromatic N) is 1. The smallest absolute Gasteiger partial charge is 0.289 e. The van der Waals surface area contributed by atoms with Gasteiger partial charge in [-0.2, -0.15) is 0 Å². The number of nitro benzene ring substituents is 1. The van der Waals surface area contributed by atoms with Gasteiger partial charge in [0.25, 0.3) is 5.69 Å². The molecular formula is C16H19N3O4S. The standard InChI is InChI=1S/C16H19N3O4S/c1-11-8-9-15(19(20)21)16(12(11)2)24(22,23)18-10-14(17)13-6-4-3-5-7-13/h3-9,14,18H,10,17H2,1-2H3. The van der Waals surface area contributed by atoms with Gasteiger partial charge in [-0.25, -0.2) is 13.1 Å². The predicted octanol–water partition coefficient (Wildman–Crippen LogP) is 2.19. The Morgan fingerprint density at radius 2 is 1.79 bits per heavy atom. The van der Waals surface area contributed by atoms with Crippen LogP contribution in [-0.2, 0) is 10.0 Å². The number of rotatable bonds is 6. The van der Waals surface area contributed by atoms with Crippen LogP contribution in [0.25, 0.3) is 0 Å². The third kappa shape index (κ3) is 3.78. The van der Waals surface area contributed by atoms with Crippen molar-refractivity contribution in [3.05, 3.63) is 69.3 Å². The number of aryl methyl sites for hydroxylation is 1. The van der Waals surface area contributed by atoms with Gasteiger partial charge >= 0.3 is 0 Å². The third-order valence-corrected chi connectivity index (χ3v) is 5.44. The molecule has 0 aliphatic carbocycles. The van der Waals surface area contributed by atoms with Crippen molar-refractivity contribution in [3.63, 3.8) is 0 Å². The zero-order valence-corrected chi connectivity index (χ0v) is 14.2. The fraction of sp³-hybridized carbons (Fsp3) is 0.250. The van der Waals surface area contributed by atoms with Crippen molar-refractivity contribution in [1.29, 1.82) is 0 Å². The molecule has 0 heterocycles. The fourth-order valence-corrected chi connectivity index (χ4v) is 3.87. The third-order valence-electron chi connectivity index (χ3n) is 3.84. The Kier molecular flexibility index (Phi) is 5.33. The highest BCUT2D eigenvalue weighted by Gasteiger charge is 2.29. The molecule has 8 heteroatoms. The summed E-state index contributed by atoms with van der Waals surface area (Å²) in [5.74, 6) is 0. The molecule has 0 spiro atoms. The van der Waals surface area contributed by atoms with E-state index in [1.165, 1.54) is 12.1 Å². The predicted molar refractivity (Wildman–Crippen MR) is 91.1 cm³/mol. The van der Waals surface area contributed by atoms with E-state index in [2.05, 4.69) is 4.72 Å². The topological polar surface area (TPSA) is 115 Å². The van der Waals surface area contributed by atoms with Crippen molar-refractivity contribution in [2.24, 2.45) is 5.73 Å². The van der Waals surface area contributed by atoms with Crippen LogP contribution in [0.4, 0.5) is 5.69 Å². The van der Waals surface area contributed by atoms with E-state index >= 15 is 0 Å². The molecule has 0 aliphatic rings. The molecule has 24 heavy (non-hydrogen) atoms. The largest absolute Gasteiger partial charge is 0.323 e. The van der Waals surface area contributed by atoms with E-state index in [0.29, 0.717) is 11.1 Å². The number of nitrogens with one attached hydrogen (secondary N) is 1. The molecule has 0 saturated carbocycles. The number of nitro groups is 1. The summed E-state index contributed by atoms with van der Waals surface area (Å²) in [6, 6.07) is 11.2. The summed E-state index contributed by atoms with van der Waals surface area (Å²) in [6.07, 6.45) is 0. The average Bonchev–Trinajstić information content (AvgIpc) is 2.55. The van der Waals surface area contributed by atoms with Gasteiger partial charge in [0.2, 0.25) is 10.0 Å². The lowest BCUT2D eigenvalue weighted by Gasteiger charge is -2.15. The molecule has 2 rings (SSSR count). The molecular weight excluding hydrogens is 330 g/mol. The number of sulfonamides is 1. The highest BCUT2D eigenvalue weighted by molar-refractivity contribution is 7.89. The summed E-state index contributed by atoms with van der Waals surface area (Å²) >= 11 is 0. The van der Waals surface area contributed by atoms with E-state index in [4.69, 9.17) is 5.73 Å². The van der Waals surface area contributed by atoms with E-state index in [1.54, 1.807) is 38.1 Å². The lowest BCUT2D eigenvalue weighted by molar-refractivity contribution is -0.387. The van der Waals surface area contributed by atoms with Gasteiger partial charge in [-0.05, 0) is 30.5 Å². The first-order chi connectivity index (χ1) is 11.2. The Morgan fingerprint density at radius 3 is 2.38 bits per heavy atom. The number of hydrogen-bond acceptors (Lipinski definition) is 5. The van der Waals surface area contributed by atoms with Gasteiger partial charge in [0.05, 0.1) is 4.92 Å². The van der Waals surface area contributed by atoms with E-state index in [1.807, 2.05) is 6.07 Å². The monoisotopic (exact) mass is 349 g/mol. The van der Waals surface area contributed by atoms with Crippen molar-refractivity contribution in [3.8, 4) is 0 Å². The maximum Gasteiger partial charge on any atom is 0.289 e. The minimum atomic E-state index is -4.06. The molecule has 0 aromatic heterocycles. The Bertz CT molecular complexity index is 851. The van der Waals surface area contributed by atoms with Gasteiger partial charge in [-0.15, -0.1) is 0 Å². The summed E-state index contributed by atoms with van der Waals surface area (Å²) in [6.45, 7) is 3.19. The maximum atomic E-state index is 12.6. The molecule has 2 aromatic rings. The van der Waals surface area contributed by atoms with Gasteiger partial charge in [-0.1, -0.05) is 36.4 Å². The maximum absolute atomic E-state index is 12.6. The molecule has 0 saturated heterocycles. The molecule has 7 nitrogen and oxygen atoms in total. The highest BCUT2D eigenvalue weighted by atomic mass is 32.2. The fourth-order valence-electron chi connectivity index (χ4n) is 2.35. The van der Waals surface area contributed by atoms with Crippen molar-refractivity contribution < 1.29 is 13.3 Å². The van der Waals surface area contributed by atoms with Crippen molar-refractivity contribution in [2.45, 2.75) is 24.8 Å². The van der Waals surface area contributed by atoms with Gasteiger partial charge < -0.3 is 5.73 Å². The summed E-state index contributed by atoms with van der Waals surface area (Å²) in [5, 5.41) is 11.2. The quantitative estimate of drug-likeness (QED) is 0.612. The van der Waals surface area contributed by atoms with Crippen LogP contribution >= 0.6 is 0 Å². The van der Waals surface area contributed by atoms with Gasteiger partial charge in [0.1, 0.15) is 0 Å². The molecule has 1 unspecified atom stereocenters. The van der Waals surface area contributed by atoms with Crippen LogP contribution in [-0.4, -0.2) is 19.9 Å². The van der Waals surface area contributed by atoms with E-state index in [0.717, 1.165) is 5.56 Å². The molecule has 1 atom stereocenters. The first kappa shape index (κ1) is 18.1. The van der Waals surface area contributed by atoms with Crippen LogP contribution in [0.5, 0.6) is 0 Å². The molecule has 0 fully saturated rings. The molecule has 0 bridgehead atoms. The van der Waals surface area contributed by atoms with Gasteiger partial charge in [0, 0.05) is 18.7 Å². The number of hydrogen-bond donors (Lipinski definition) is 2. The van der Waals surface area contributed by atoms with Gasteiger partial charge in [-0.3, -0.25) is 10.1 Å². The average molecular weight is 349 g/mol. The van der Waals surface area contributed by atoms with Crippen LogP contribution in [0.2, 0.25) is 0 Å². The van der Waals surface area contributed by atoms with E-state index in [-0.39, 0.29) is 11.4 Å². The molecule has 0 radical (unpaired) electrons. The van der Waals surface area contributed by atoms with Crippen molar-refractivity contribution >= 4 is 15.7 Å². The second kappa shape index (κ2) is 7.08. The van der Waals surface area contributed by atoms with Crippen LogP contribution in [0.3, 0.4) is 0 Å². The second-order valence-corrected chi connectivity index (χ2v) is 7.19. The Hall–Kier alpha value is -2.29. The SMILES string of the molecule is Cc1ccc([N+](=O)[O-])c(S(=O)(=O)NCC(N)c2ccccc2)c1C. The van der Waals surface area contributed by atoms with Gasteiger partial charge in [0.15, 0.2) is 4.90 Å². The highest BCUT2D eigenvalue weighted by Crippen LogP contribution is 2.29. The Labute approximate surface area is 140 Å². The first-order valence-electron chi connectivity index (χ1n) is 7.29. The number of benzene rings is 2. The second-order valence-electron chi connectivity index (χ2n) is 5.48. The zero-order chi connectivity index (χ0) is 17.9. The molecule has 0 amide bonds. The summed E-state index contributed by atoms with van der Waals surface area (Å²) in [7, 11) is -4.06. The van der Waals surface area contributed by atoms with Crippen LogP contribution in [0.1, 0.15) is 22.7 Å². The Balaban J connectivity index is 2.31. The van der Waals surface area contributed by atoms with Crippen LogP contribution in [0.15, 0.2) is 47.4 Å². The van der Waals surface area contributed by atoms with Crippen LogP contribution < -0.4 is 10.5 Å². The normalized spacial score (nSPS) is 12.8. The zero-order valence-electron chi connectivity index (χ0n) is 13.4. The lowest BCUT2D eigenvalue weighted by atomic mass is 10.1. The van der Waals surface area contributed by atoms with E-state index < -0.39 is 26.7 Å². The minimum absolute atomic E-state index is 0.0586. The van der Waals surface area contributed by atoms with Crippen molar-refractivity contribution in [2.75, 3.05) is 6.54 Å². The summed E-state index contributed by atoms with van der Waals surface area (Å²) in [4.78, 5) is 10.2. The summed E-state index contributed by atoms with van der Waals surface area (Å²) < 4.78 is 27.6. The number of nitrogens with two attached hydrogens (primary N) is 1. The van der Waals surface area contributed by atoms with E-state index in [9.17, 15) is 18.5 Å². The first-order valence-corrected chi connectivity index (χ1v) is 8.77. The molecule has 2 aromatic carbocycles. The lowest BCUT2D eigenvalue weighted by Crippen LogP contribution is -2.32. The molecule has 3 N–H and O–H groups in total. The molecule has 0 aliphatic heterocycles. The molecule has 128 valence electrons. The van der Waals surface area contributed by atoms with Crippen LogP contribution in [0, 0.1) is 24.0 Å². The van der Waals surface area contributed by atoms with Crippen molar-refractivity contribution in [1.82, 2.24) is 4.72 Å². The summed E-state index contributed by atoms with van der Waals surface area (Å²) in [5.41, 5.74) is 7.33. The minimum Gasteiger partial charge on any atom is -0.323 e.